The molecule has 22 heavy (non-hydrogen) atoms. The summed E-state index contributed by atoms with van der Waals surface area (Å²) in [5.74, 6) is 1.21. The first-order valence-electron chi connectivity index (χ1n) is 7.13. The molecule has 0 atom stereocenters. The van der Waals surface area contributed by atoms with Gasteiger partial charge >= 0.3 is 0 Å². The number of benzene rings is 1. The molecule has 2 aromatic heterocycles. The number of hydrogen-bond acceptors (Lipinski definition) is 7. The molecule has 1 saturated heterocycles. The molecule has 0 bridgehead atoms. The molecule has 1 aliphatic heterocycles. The van der Waals surface area contributed by atoms with E-state index < -0.39 is 0 Å². The Hall–Kier alpha value is -2.90. The highest BCUT2D eigenvalue weighted by molar-refractivity contribution is 5.59. The van der Waals surface area contributed by atoms with Gasteiger partial charge in [0.1, 0.15) is 5.75 Å². The average Bonchev–Trinajstić information content (AvgIpc) is 3.04. The van der Waals surface area contributed by atoms with E-state index in [-0.39, 0.29) is 0 Å². The number of piperazine rings is 1. The minimum atomic E-state index is 0.320. The van der Waals surface area contributed by atoms with Crippen LogP contribution >= 0.6 is 0 Å². The van der Waals surface area contributed by atoms with E-state index >= 15 is 0 Å². The molecule has 1 N–H and O–H groups in total. The summed E-state index contributed by atoms with van der Waals surface area (Å²) in [7, 11) is 0. The molecule has 0 amide bonds. The van der Waals surface area contributed by atoms with Crippen LogP contribution in [0.1, 0.15) is 0 Å². The molecule has 112 valence electrons. The van der Waals surface area contributed by atoms with Crippen LogP contribution in [-0.2, 0) is 0 Å². The Kier molecular flexibility index (Phi) is 2.99. The lowest BCUT2D eigenvalue weighted by molar-refractivity contribution is 0.472. The number of rotatable bonds is 2. The Morgan fingerprint density at radius 1 is 0.955 bits per heavy atom. The fourth-order valence-corrected chi connectivity index (χ4v) is 2.79. The number of aromatic nitrogens is 5. The normalized spacial score (nSPS) is 15.5. The van der Waals surface area contributed by atoms with Crippen molar-refractivity contribution in [1.29, 1.82) is 0 Å². The lowest BCUT2D eigenvalue weighted by Gasteiger charge is -2.37. The molecule has 3 heterocycles. The number of fused-ring (bicyclic) bond motifs is 1. The average molecular weight is 297 g/mol. The van der Waals surface area contributed by atoms with E-state index in [1.165, 1.54) is 0 Å². The van der Waals surface area contributed by atoms with Crippen LogP contribution in [0.3, 0.4) is 0 Å². The topological polar surface area (TPSA) is 82.7 Å². The summed E-state index contributed by atoms with van der Waals surface area (Å²) in [6.45, 7) is 3.26. The molecule has 4 rings (SSSR count). The van der Waals surface area contributed by atoms with Gasteiger partial charge < -0.3 is 14.9 Å². The van der Waals surface area contributed by atoms with E-state index in [0.29, 0.717) is 11.4 Å². The van der Waals surface area contributed by atoms with Crippen molar-refractivity contribution in [3.05, 3.63) is 36.7 Å². The van der Waals surface area contributed by atoms with Crippen molar-refractivity contribution in [2.75, 3.05) is 36.0 Å². The maximum atomic E-state index is 9.96. The van der Waals surface area contributed by atoms with E-state index in [2.05, 4.69) is 30.3 Å². The Balaban J connectivity index is 1.55. The third kappa shape index (κ3) is 2.09. The van der Waals surface area contributed by atoms with Crippen molar-refractivity contribution >= 4 is 17.2 Å². The van der Waals surface area contributed by atoms with Crippen LogP contribution in [0.2, 0.25) is 0 Å². The molecule has 3 aromatic rings. The first-order chi connectivity index (χ1) is 10.8. The Morgan fingerprint density at radius 2 is 1.73 bits per heavy atom. The zero-order valence-corrected chi connectivity index (χ0v) is 11.9. The van der Waals surface area contributed by atoms with Crippen LogP contribution in [0, 0.1) is 0 Å². The van der Waals surface area contributed by atoms with E-state index in [0.717, 1.165) is 37.7 Å². The smallest absolute Gasteiger partial charge is 0.199 e. The Labute approximate surface area is 126 Å². The molecule has 0 radical (unpaired) electrons. The van der Waals surface area contributed by atoms with Gasteiger partial charge in [0.25, 0.3) is 0 Å². The number of phenolic OH excluding ortho intramolecular Hbond substituents is 1. The van der Waals surface area contributed by atoms with Crippen LogP contribution in [0.15, 0.2) is 36.7 Å². The maximum absolute atomic E-state index is 9.96. The molecule has 1 aliphatic rings. The second-order valence-electron chi connectivity index (χ2n) is 5.18. The summed E-state index contributed by atoms with van der Waals surface area (Å²) < 4.78 is 1.70. The first kappa shape index (κ1) is 12.8. The highest BCUT2D eigenvalue weighted by atomic mass is 16.3. The standard InChI is InChI=1S/C14H15N7O/c22-12-4-2-1-3-11(12)19-5-7-20(8-6-19)14-10-15-9-13-16-17-18-21(13)14/h1-4,9-10,22H,5-8H2. The van der Waals surface area contributed by atoms with Crippen LogP contribution in [-0.4, -0.2) is 56.3 Å². The summed E-state index contributed by atoms with van der Waals surface area (Å²) in [5.41, 5.74) is 1.52. The van der Waals surface area contributed by atoms with Gasteiger partial charge in [-0.2, -0.15) is 4.52 Å². The monoisotopic (exact) mass is 297 g/mol. The Morgan fingerprint density at radius 3 is 2.55 bits per heavy atom. The van der Waals surface area contributed by atoms with E-state index in [1.54, 1.807) is 23.0 Å². The molecule has 8 heteroatoms. The molecule has 1 fully saturated rings. The van der Waals surface area contributed by atoms with Crippen LogP contribution < -0.4 is 9.80 Å². The maximum Gasteiger partial charge on any atom is 0.199 e. The zero-order chi connectivity index (χ0) is 14.9. The van der Waals surface area contributed by atoms with Gasteiger partial charge in [-0.25, -0.2) is 0 Å². The largest absolute Gasteiger partial charge is 0.506 e. The Bertz CT molecular complexity index is 794. The lowest BCUT2D eigenvalue weighted by atomic mass is 10.2. The number of hydrogen-bond donors (Lipinski definition) is 1. The number of para-hydroxylation sites is 2. The third-order valence-electron chi connectivity index (χ3n) is 3.92. The van der Waals surface area contributed by atoms with Crippen molar-refractivity contribution in [3.8, 4) is 5.75 Å². The lowest BCUT2D eigenvalue weighted by Crippen LogP contribution is -2.47. The second kappa shape index (κ2) is 5.14. The molecule has 0 spiro atoms. The van der Waals surface area contributed by atoms with Crippen molar-refractivity contribution in [1.82, 2.24) is 25.0 Å². The molecule has 1 aromatic carbocycles. The second-order valence-corrected chi connectivity index (χ2v) is 5.18. The van der Waals surface area contributed by atoms with E-state index in [4.69, 9.17) is 0 Å². The van der Waals surface area contributed by atoms with Crippen LogP contribution in [0.5, 0.6) is 5.75 Å². The SMILES string of the molecule is Oc1ccccc1N1CCN(c2cncc3nnnn23)CC1. The van der Waals surface area contributed by atoms with Gasteiger partial charge in [0.05, 0.1) is 18.1 Å². The highest BCUT2D eigenvalue weighted by Gasteiger charge is 2.21. The summed E-state index contributed by atoms with van der Waals surface area (Å²) >= 11 is 0. The molecule has 8 nitrogen and oxygen atoms in total. The number of aromatic hydroxyl groups is 1. The van der Waals surface area contributed by atoms with Crippen molar-refractivity contribution in [2.45, 2.75) is 0 Å². The van der Waals surface area contributed by atoms with Crippen molar-refractivity contribution in [2.24, 2.45) is 0 Å². The third-order valence-corrected chi connectivity index (χ3v) is 3.92. The zero-order valence-electron chi connectivity index (χ0n) is 11.9. The fraction of sp³-hybridized carbons (Fsp3) is 0.286. The van der Waals surface area contributed by atoms with Crippen LogP contribution in [0.25, 0.3) is 5.65 Å². The van der Waals surface area contributed by atoms with Gasteiger partial charge in [-0.15, -0.1) is 5.10 Å². The summed E-state index contributed by atoms with van der Waals surface area (Å²) in [6.07, 6.45) is 3.42. The van der Waals surface area contributed by atoms with E-state index in [1.807, 2.05) is 18.2 Å². The van der Waals surface area contributed by atoms with Gasteiger partial charge in [-0.05, 0) is 22.6 Å². The minimum absolute atomic E-state index is 0.320. The fourth-order valence-electron chi connectivity index (χ4n) is 2.79. The number of tetrazole rings is 1. The highest BCUT2D eigenvalue weighted by Crippen LogP contribution is 2.28. The minimum Gasteiger partial charge on any atom is -0.506 e. The molecular weight excluding hydrogens is 282 g/mol. The predicted molar refractivity (Wildman–Crippen MR) is 81.1 cm³/mol. The van der Waals surface area contributed by atoms with E-state index in [9.17, 15) is 5.11 Å². The number of nitrogens with zero attached hydrogens (tertiary/aromatic N) is 7. The van der Waals surface area contributed by atoms with Gasteiger partial charge in [-0.1, -0.05) is 12.1 Å². The number of anilines is 2. The summed E-state index contributed by atoms with van der Waals surface area (Å²) in [4.78, 5) is 8.57. The molecule has 0 aliphatic carbocycles. The molecule has 0 unspecified atom stereocenters. The summed E-state index contributed by atoms with van der Waals surface area (Å²) in [5, 5.41) is 21.6. The van der Waals surface area contributed by atoms with Gasteiger partial charge in [0.15, 0.2) is 11.5 Å². The number of phenols is 1. The quantitative estimate of drug-likeness (QED) is 0.739. The predicted octanol–water partition coefficient (Wildman–Crippen LogP) is 0.551. The van der Waals surface area contributed by atoms with Crippen molar-refractivity contribution < 1.29 is 5.11 Å². The van der Waals surface area contributed by atoms with Gasteiger partial charge in [-0.3, -0.25) is 4.98 Å². The molecule has 0 saturated carbocycles. The van der Waals surface area contributed by atoms with Crippen molar-refractivity contribution in [3.63, 3.8) is 0 Å². The van der Waals surface area contributed by atoms with Crippen LogP contribution in [0.4, 0.5) is 11.5 Å². The molecular formula is C14H15N7O. The van der Waals surface area contributed by atoms with Gasteiger partial charge in [0, 0.05) is 26.2 Å². The van der Waals surface area contributed by atoms with Gasteiger partial charge in [0.2, 0.25) is 0 Å². The summed E-state index contributed by atoms with van der Waals surface area (Å²) in [6, 6.07) is 7.42. The first-order valence-corrected chi connectivity index (χ1v) is 7.13.